The van der Waals surface area contributed by atoms with Gasteiger partial charge in [-0.25, -0.2) is 14.5 Å². The van der Waals surface area contributed by atoms with Crippen molar-refractivity contribution in [3.63, 3.8) is 0 Å². The highest BCUT2D eigenvalue weighted by molar-refractivity contribution is 5.95. The van der Waals surface area contributed by atoms with Gasteiger partial charge in [-0.2, -0.15) is 5.10 Å². The third-order valence-electron chi connectivity index (χ3n) is 3.46. The van der Waals surface area contributed by atoms with Gasteiger partial charge in [-0.1, -0.05) is 17.7 Å². The lowest BCUT2D eigenvalue weighted by Gasteiger charge is -2.07. The minimum Gasteiger partial charge on any atom is -0.452 e. The molecule has 1 heterocycles. The van der Waals surface area contributed by atoms with Crippen LogP contribution < -0.4 is 5.32 Å². The van der Waals surface area contributed by atoms with Gasteiger partial charge in [-0.3, -0.25) is 4.79 Å². The van der Waals surface area contributed by atoms with Gasteiger partial charge >= 0.3 is 5.97 Å². The molecule has 2 aromatic carbocycles. The molecule has 0 saturated heterocycles. The average Bonchev–Trinajstić information content (AvgIpc) is 3.16. The van der Waals surface area contributed by atoms with E-state index in [4.69, 9.17) is 4.74 Å². The van der Waals surface area contributed by atoms with Gasteiger partial charge in [0.2, 0.25) is 0 Å². The predicted octanol–water partition coefficient (Wildman–Crippen LogP) is 2.37. The van der Waals surface area contributed by atoms with E-state index in [-0.39, 0.29) is 6.61 Å². The topological polar surface area (TPSA) is 86.1 Å². The van der Waals surface area contributed by atoms with Gasteiger partial charge in [0.05, 0.1) is 11.3 Å². The van der Waals surface area contributed by atoms with Crippen LogP contribution in [0, 0.1) is 6.92 Å². The van der Waals surface area contributed by atoms with Crippen LogP contribution in [0.2, 0.25) is 0 Å². The van der Waals surface area contributed by atoms with Crippen molar-refractivity contribution in [2.45, 2.75) is 6.92 Å². The van der Waals surface area contributed by atoms with Crippen molar-refractivity contribution in [1.82, 2.24) is 14.8 Å². The second kappa shape index (κ2) is 7.39. The summed E-state index contributed by atoms with van der Waals surface area (Å²) in [5.41, 5.74) is 2.88. The third-order valence-corrected chi connectivity index (χ3v) is 3.46. The van der Waals surface area contributed by atoms with E-state index < -0.39 is 11.9 Å². The van der Waals surface area contributed by atoms with Gasteiger partial charge < -0.3 is 10.1 Å². The number of anilines is 1. The zero-order valence-electron chi connectivity index (χ0n) is 13.5. The monoisotopic (exact) mass is 336 g/mol. The molecule has 1 amide bonds. The number of hydrogen-bond donors (Lipinski definition) is 1. The molecule has 25 heavy (non-hydrogen) atoms. The number of hydrogen-bond acceptors (Lipinski definition) is 5. The SMILES string of the molecule is Cc1ccc(NC(=O)COC(=O)c2ccc(-n3cncn3)cc2)cc1. The van der Waals surface area contributed by atoms with Crippen molar-refractivity contribution in [3.8, 4) is 5.69 Å². The Balaban J connectivity index is 1.53. The maximum Gasteiger partial charge on any atom is 0.338 e. The number of amides is 1. The Labute approximate surface area is 144 Å². The molecule has 1 N–H and O–H groups in total. The number of nitrogens with one attached hydrogen (secondary N) is 1. The van der Waals surface area contributed by atoms with Gasteiger partial charge in [0, 0.05) is 5.69 Å². The number of carbonyl (C=O) groups is 2. The normalized spacial score (nSPS) is 10.3. The highest BCUT2D eigenvalue weighted by Gasteiger charge is 2.11. The number of nitrogens with zero attached hydrogens (tertiary/aromatic N) is 3. The quantitative estimate of drug-likeness (QED) is 0.723. The summed E-state index contributed by atoms with van der Waals surface area (Å²) >= 11 is 0. The number of benzene rings is 2. The van der Waals surface area contributed by atoms with Crippen LogP contribution in [0.5, 0.6) is 0 Å². The number of carbonyl (C=O) groups excluding carboxylic acids is 2. The maximum atomic E-state index is 12.0. The summed E-state index contributed by atoms with van der Waals surface area (Å²) in [4.78, 5) is 27.7. The number of ether oxygens (including phenoxy) is 1. The summed E-state index contributed by atoms with van der Waals surface area (Å²) in [6.45, 7) is 1.61. The Morgan fingerprint density at radius 2 is 1.80 bits per heavy atom. The van der Waals surface area contributed by atoms with Crippen LogP contribution in [0.3, 0.4) is 0 Å². The molecule has 126 valence electrons. The third kappa shape index (κ3) is 4.29. The summed E-state index contributed by atoms with van der Waals surface area (Å²) in [7, 11) is 0. The Bertz CT molecular complexity index is 856. The molecule has 3 rings (SSSR count). The molecule has 0 aliphatic heterocycles. The Kier molecular flexibility index (Phi) is 4.84. The molecule has 3 aromatic rings. The van der Waals surface area contributed by atoms with Gasteiger partial charge in [0.1, 0.15) is 12.7 Å². The molecular weight excluding hydrogens is 320 g/mol. The zero-order valence-corrected chi connectivity index (χ0v) is 13.5. The summed E-state index contributed by atoms with van der Waals surface area (Å²) in [5, 5.41) is 6.67. The predicted molar refractivity (Wildman–Crippen MR) is 91.5 cm³/mol. The number of aromatic nitrogens is 3. The smallest absolute Gasteiger partial charge is 0.338 e. The molecule has 0 saturated carbocycles. The molecule has 0 bridgehead atoms. The second-order valence-corrected chi connectivity index (χ2v) is 5.38. The molecule has 7 nitrogen and oxygen atoms in total. The van der Waals surface area contributed by atoms with Crippen molar-refractivity contribution in [3.05, 3.63) is 72.3 Å². The van der Waals surface area contributed by atoms with E-state index in [0.717, 1.165) is 11.3 Å². The molecule has 1 aromatic heterocycles. The van der Waals surface area contributed by atoms with Crippen molar-refractivity contribution in [1.29, 1.82) is 0 Å². The first-order valence-electron chi connectivity index (χ1n) is 7.60. The van der Waals surface area contributed by atoms with E-state index >= 15 is 0 Å². The lowest BCUT2D eigenvalue weighted by molar-refractivity contribution is -0.119. The Morgan fingerprint density at radius 3 is 2.44 bits per heavy atom. The summed E-state index contributed by atoms with van der Waals surface area (Å²) in [6, 6.07) is 14.0. The highest BCUT2D eigenvalue weighted by atomic mass is 16.5. The van der Waals surface area contributed by atoms with Crippen molar-refractivity contribution >= 4 is 17.6 Å². The Hall–Kier alpha value is -3.48. The van der Waals surface area contributed by atoms with Crippen molar-refractivity contribution < 1.29 is 14.3 Å². The molecule has 0 aliphatic carbocycles. The number of esters is 1. The van der Waals surface area contributed by atoms with E-state index in [0.29, 0.717) is 11.3 Å². The van der Waals surface area contributed by atoms with Gasteiger partial charge in [0.25, 0.3) is 5.91 Å². The van der Waals surface area contributed by atoms with Crippen molar-refractivity contribution in [2.75, 3.05) is 11.9 Å². The van der Waals surface area contributed by atoms with Crippen LogP contribution in [-0.4, -0.2) is 33.2 Å². The second-order valence-electron chi connectivity index (χ2n) is 5.38. The molecular formula is C18H16N4O3. The minimum absolute atomic E-state index is 0.350. The number of rotatable bonds is 5. The molecule has 0 spiro atoms. The molecule has 7 heteroatoms. The van der Waals surface area contributed by atoms with E-state index in [1.807, 2.05) is 19.1 Å². The first-order valence-corrected chi connectivity index (χ1v) is 7.60. The fourth-order valence-electron chi connectivity index (χ4n) is 2.14. The van der Waals surface area contributed by atoms with Gasteiger partial charge in [-0.15, -0.1) is 0 Å². The van der Waals surface area contributed by atoms with Gasteiger partial charge in [-0.05, 0) is 43.3 Å². The molecule has 0 radical (unpaired) electrons. The first-order chi connectivity index (χ1) is 12.1. The van der Waals surface area contributed by atoms with Crippen LogP contribution in [0.25, 0.3) is 5.69 Å². The van der Waals surface area contributed by atoms with Crippen LogP contribution >= 0.6 is 0 Å². The van der Waals surface area contributed by atoms with Gasteiger partial charge in [0.15, 0.2) is 6.61 Å². The zero-order chi connectivity index (χ0) is 17.6. The fourth-order valence-corrected chi connectivity index (χ4v) is 2.14. The van der Waals surface area contributed by atoms with E-state index in [1.165, 1.54) is 6.33 Å². The lowest BCUT2D eigenvalue weighted by atomic mass is 10.2. The molecule has 0 atom stereocenters. The molecule has 0 aliphatic rings. The van der Waals surface area contributed by atoms with Crippen molar-refractivity contribution in [2.24, 2.45) is 0 Å². The van der Waals surface area contributed by atoms with E-state index in [9.17, 15) is 9.59 Å². The van der Waals surface area contributed by atoms with E-state index in [2.05, 4.69) is 15.4 Å². The highest BCUT2D eigenvalue weighted by Crippen LogP contribution is 2.10. The maximum absolute atomic E-state index is 12.0. The fraction of sp³-hybridized carbons (Fsp3) is 0.111. The number of aryl methyl sites for hydroxylation is 1. The molecule has 0 fully saturated rings. The summed E-state index contributed by atoms with van der Waals surface area (Å²) < 4.78 is 6.60. The summed E-state index contributed by atoms with van der Waals surface area (Å²) in [5.74, 6) is -0.958. The average molecular weight is 336 g/mol. The van der Waals surface area contributed by atoms with Crippen LogP contribution in [0.15, 0.2) is 61.2 Å². The van der Waals surface area contributed by atoms with Crippen LogP contribution in [-0.2, 0) is 9.53 Å². The largest absolute Gasteiger partial charge is 0.452 e. The molecule has 0 unspecified atom stereocenters. The van der Waals surface area contributed by atoms with Crippen LogP contribution in [0.4, 0.5) is 5.69 Å². The standard InChI is InChI=1S/C18H16N4O3/c1-13-2-6-15(7-3-13)21-17(23)10-25-18(24)14-4-8-16(9-5-14)22-12-19-11-20-22/h2-9,11-12H,10H2,1H3,(H,21,23). The summed E-state index contributed by atoms with van der Waals surface area (Å²) in [6.07, 6.45) is 2.98. The van der Waals surface area contributed by atoms with E-state index in [1.54, 1.807) is 47.4 Å². The first kappa shape index (κ1) is 16.4. The minimum atomic E-state index is -0.566. The lowest BCUT2D eigenvalue weighted by Crippen LogP contribution is -2.20. The van der Waals surface area contributed by atoms with Crippen LogP contribution in [0.1, 0.15) is 15.9 Å². The Morgan fingerprint density at radius 1 is 1.08 bits per heavy atom.